The van der Waals surface area contributed by atoms with Crippen LogP contribution in [0.15, 0.2) is 24.3 Å². The van der Waals surface area contributed by atoms with Gasteiger partial charge in [-0.2, -0.15) is 0 Å². The van der Waals surface area contributed by atoms with Gasteiger partial charge in [0.1, 0.15) is 6.10 Å². The van der Waals surface area contributed by atoms with E-state index in [4.69, 9.17) is 9.47 Å². The number of carbonyl (C=O) groups excluding carboxylic acids is 2. The second-order valence-electron chi connectivity index (χ2n) is 8.11. The highest BCUT2D eigenvalue weighted by Crippen LogP contribution is 2.17. The van der Waals surface area contributed by atoms with E-state index in [0.717, 1.165) is 19.3 Å². The van der Waals surface area contributed by atoms with Gasteiger partial charge in [-0.25, -0.2) is 9.59 Å². The number of hydrogen-bond donors (Lipinski definition) is 0. The summed E-state index contributed by atoms with van der Waals surface area (Å²) in [7, 11) is 0. The molecular formula is C25H40O4. The Morgan fingerprint density at radius 1 is 0.793 bits per heavy atom. The summed E-state index contributed by atoms with van der Waals surface area (Å²) in [6.45, 7) is 8.65. The van der Waals surface area contributed by atoms with E-state index >= 15 is 0 Å². The predicted molar refractivity (Wildman–Crippen MR) is 118 cm³/mol. The van der Waals surface area contributed by atoms with Gasteiger partial charge in [-0.1, -0.05) is 91.2 Å². The number of carbonyl (C=O) groups is 2. The maximum absolute atomic E-state index is 12.6. The lowest BCUT2D eigenvalue weighted by atomic mass is 10.0. The molecule has 164 valence electrons. The fourth-order valence-corrected chi connectivity index (χ4v) is 3.39. The van der Waals surface area contributed by atoms with Crippen LogP contribution in [-0.2, 0) is 9.47 Å². The quantitative estimate of drug-likeness (QED) is 0.234. The molecule has 1 unspecified atom stereocenters. The highest BCUT2D eigenvalue weighted by atomic mass is 16.5. The first kappa shape index (κ1) is 25.2. The Balaban J connectivity index is 2.40. The molecule has 0 aliphatic carbocycles. The highest BCUT2D eigenvalue weighted by molar-refractivity contribution is 6.03. The number of ether oxygens (including phenoxy) is 2. The van der Waals surface area contributed by atoms with E-state index in [1.807, 2.05) is 20.8 Å². The number of unbranched alkanes of at least 4 members (excludes halogenated alkanes) is 8. The van der Waals surface area contributed by atoms with Crippen LogP contribution in [0.5, 0.6) is 0 Å². The first-order chi connectivity index (χ1) is 14.0. The minimum atomic E-state index is -0.457. The fourth-order valence-electron chi connectivity index (χ4n) is 3.39. The van der Waals surface area contributed by atoms with Crippen molar-refractivity contribution in [2.24, 2.45) is 5.92 Å². The van der Waals surface area contributed by atoms with Gasteiger partial charge in [-0.15, -0.1) is 0 Å². The Morgan fingerprint density at radius 3 is 1.83 bits per heavy atom. The lowest BCUT2D eigenvalue weighted by molar-refractivity contribution is 0.0167. The van der Waals surface area contributed by atoms with Crippen molar-refractivity contribution in [2.45, 2.75) is 98.0 Å². The average molecular weight is 405 g/mol. The summed E-state index contributed by atoms with van der Waals surface area (Å²) in [5.74, 6) is -0.675. The van der Waals surface area contributed by atoms with E-state index < -0.39 is 11.9 Å². The molecule has 0 fully saturated rings. The third kappa shape index (κ3) is 9.96. The Kier molecular flexibility index (Phi) is 13.1. The number of esters is 2. The van der Waals surface area contributed by atoms with Gasteiger partial charge in [0.05, 0.1) is 17.7 Å². The molecule has 4 nitrogen and oxygen atoms in total. The highest BCUT2D eigenvalue weighted by Gasteiger charge is 2.22. The molecule has 0 aliphatic rings. The second-order valence-corrected chi connectivity index (χ2v) is 8.11. The normalized spacial score (nSPS) is 12.0. The van der Waals surface area contributed by atoms with Crippen LogP contribution in [0.25, 0.3) is 0 Å². The molecule has 0 aliphatic heterocycles. The molecule has 0 bridgehead atoms. The zero-order chi connectivity index (χ0) is 21.5. The van der Waals surface area contributed by atoms with Gasteiger partial charge in [0, 0.05) is 0 Å². The molecule has 0 amide bonds. The van der Waals surface area contributed by atoms with E-state index in [1.165, 1.54) is 44.9 Å². The van der Waals surface area contributed by atoms with Gasteiger partial charge in [0.15, 0.2) is 0 Å². The van der Waals surface area contributed by atoms with Crippen LogP contribution in [0, 0.1) is 5.92 Å². The molecule has 0 heterocycles. The summed E-state index contributed by atoms with van der Waals surface area (Å²) >= 11 is 0. The standard InChI is InChI=1S/C25H40O4/c1-5-7-8-9-10-11-12-13-16-19-28-24(26)21-17-14-15-18-22(21)25(27)29-23(6-2)20(3)4/h14-15,17-18,20,23H,5-13,16,19H2,1-4H3. The molecule has 0 saturated heterocycles. The molecule has 4 heteroatoms. The maximum Gasteiger partial charge on any atom is 0.339 e. The van der Waals surface area contributed by atoms with E-state index in [9.17, 15) is 9.59 Å². The van der Waals surface area contributed by atoms with Crippen molar-refractivity contribution in [1.29, 1.82) is 0 Å². The third-order valence-corrected chi connectivity index (χ3v) is 5.25. The second kappa shape index (κ2) is 15.1. The van der Waals surface area contributed by atoms with Gasteiger partial charge in [-0.05, 0) is 30.9 Å². The number of hydrogen-bond acceptors (Lipinski definition) is 4. The molecule has 1 rings (SSSR count). The summed E-state index contributed by atoms with van der Waals surface area (Å²) < 4.78 is 11.0. The van der Waals surface area contributed by atoms with Gasteiger partial charge in [0.2, 0.25) is 0 Å². The minimum absolute atomic E-state index is 0.159. The Labute approximate surface area is 177 Å². The van der Waals surface area contributed by atoms with E-state index in [0.29, 0.717) is 6.61 Å². The van der Waals surface area contributed by atoms with Crippen LogP contribution in [0.2, 0.25) is 0 Å². The Hall–Kier alpha value is -1.84. The topological polar surface area (TPSA) is 52.6 Å². The molecule has 29 heavy (non-hydrogen) atoms. The first-order valence-corrected chi connectivity index (χ1v) is 11.5. The molecule has 0 aromatic heterocycles. The summed E-state index contributed by atoms with van der Waals surface area (Å²) in [4.78, 5) is 25.0. The molecule has 0 radical (unpaired) electrons. The van der Waals surface area contributed by atoms with Gasteiger partial charge < -0.3 is 9.47 Å². The Bertz CT molecular complexity index is 594. The fraction of sp³-hybridized carbons (Fsp3) is 0.680. The van der Waals surface area contributed by atoms with Crippen molar-refractivity contribution in [1.82, 2.24) is 0 Å². The zero-order valence-corrected chi connectivity index (χ0v) is 18.9. The van der Waals surface area contributed by atoms with Crippen LogP contribution >= 0.6 is 0 Å². The van der Waals surface area contributed by atoms with Crippen molar-refractivity contribution in [3.05, 3.63) is 35.4 Å². The third-order valence-electron chi connectivity index (χ3n) is 5.25. The van der Waals surface area contributed by atoms with E-state index in [-0.39, 0.29) is 23.1 Å². The zero-order valence-electron chi connectivity index (χ0n) is 18.9. The van der Waals surface area contributed by atoms with Gasteiger partial charge in [0.25, 0.3) is 0 Å². The van der Waals surface area contributed by atoms with Crippen LogP contribution < -0.4 is 0 Å². The Morgan fingerprint density at radius 2 is 1.31 bits per heavy atom. The number of rotatable bonds is 15. The minimum Gasteiger partial charge on any atom is -0.462 e. The monoisotopic (exact) mass is 404 g/mol. The van der Waals surface area contributed by atoms with Crippen molar-refractivity contribution in [3.8, 4) is 0 Å². The largest absolute Gasteiger partial charge is 0.462 e. The smallest absolute Gasteiger partial charge is 0.339 e. The van der Waals surface area contributed by atoms with Crippen molar-refractivity contribution in [3.63, 3.8) is 0 Å². The van der Waals surface area contributed by atoms with Crippen molar-refractivity contribution in [2.75, 3.05) is 6.61 Å². The van der Waals surface area contributed by atoms with Crippen LogP contribution in [-0.4, -0.2) is 24.6 Å². The SMILES string of the molecule is CCCCCCCCCCCOC(=O)c1ccccc1C(=O)OC(CC)C(C)C. The summed E-state index contributed by atoms with van der Waals surface area (Å²) in [5, 5.41) is 0. The van der Waals surface area contributed by atoms with Crippen LogP contribution in [0.1, 0.15) is 113 Å². The van der Waals surface area contributed by atoms with Crippen molar-refractivity contribution < 1.29 is 19.1 Å². The van der Waals surface area contributed by atoms with Crippen LogP contribution in [0.3, 0.4) is 0 Å². The molecule has 1 aromatic rings. The molecule has 1 aromatic carbocycles. The predicted octanol–water partition coefficient (Wildman–Crippen LogP) is 6.97. The first-order valence-electron chi connectivity index (χ1n) is 11.5. The maximum atomic E-state index is 12.6. The molecule has 0 spiro atoms. The van der Waals surface area contributed by atoms with Gasteiger partial charge >= 0.3 is 11.9 Å². The summed E-state index contributed by atoms with van der Waals surface area (Å²) in [6, 6.07) is 6.74. The van der Waals surface area contributed by atoms with Crippen LogP contribution in [0.4, 0.5) is 0 Å². The number of benzene rings is 1. The summed E-state index contributed by atoms with van der Waals surface area (Å²) in [5.41, 5.74) is 0.565. The van der Waals surface area contributed by atoms with E-state index in [2.05, 4.69) is 6.92 Å². The molecule has 0 saturated carbocycles. The average Bonchev–Trinajstić information content (AvgIpc) is 2.72. The molecular weight excluding hydrogens is 364 g/mol. The van der Waals surface area contributed by atoms with E-state index in [1.54, 1.807) is 24.3 Å². The molecule has 0 N–H and O–H groups in total. The lowest BCUT2D eigenvalue weighted by Gasteiger charge is -2.20. The molecule has 1 atom stereocenters. The lowest BCUT2D eigenvalue weighted by Crippen LogP contribution is -2.24. The summed E-state index contributed by atoms with van der Waals surface area (Å²) in [6.07, 6.45) is 11.5. The van der Waals surface area contributed by atoms with Crippen molar-refractivity contribution >= 4 is 11.9 Å². The van der Waals surface area contributed by atoms with Gasteiger partial charge in [-0.3, -0.25) is 0 Å².